The second-order valence-electron chi connectivity index (χ2n) is 3.00. The predicted octanol–water partition coefficient (Wildman–Crippen LogP) is 3.42. The zero-order valence-corrected chi connectivity index (χ0v) is 9.13. The number of hydrogen-bond donors (Lipinski definition) is 0. The summed E-state index contributed by atoms with van der Waals surface area (Å²) in [5.74, 6) is 1.60. The number of allylic oxidation sites excluding steroid dienone is 2. The van der Waals surface area contributed by atoms with Gasteiger partial charge >= 0.3 is 0 Å². The Labute approximate surface area is 90.3 Å². The predicted molar refractivity (Wildman–Crippen MR) is 61.2 cm³/mol. The van der Waals surface area contributed by atoms with E-state index in [4.69, 9.17) is 16.3 Å². The summed E-state index contributed by atoms with van der Waals surface area (Å²) in [7, 11) is 1.68. The molecule has 0 spiro atoms. The summed E-state index contributed by atoms with van der Waals surface area (Å²) in [6.07, 6.45) is 6.11. The third-order valence-electron chi connectivity index (χ3n) is 1.93. The van der Waals surface area contributed by atoms with Crippen LogP contribution < -0.4 is 4.74 Å². The van der Waals surface area contributed by atoms with E-state index in [1.165, 1.54) is 5.56 Å². The average Bonchev–Trinajstić information content (AvgIpc) is 2.25. The van der Waals surface area contributed by atoms with Crippen molar-refractivity contribution in [3.63, 3.8) is 0 Å². The van der Waals surface area contributed by atoms with Crippen molar-refractivity contribution >= 4 is 11.6 Å². The molecule has 1 aromatic carbocycles. The molecule has 0 unspecified atom stereocenters. The fourth-order valence-corrected chi connectivity index (χ4v) is 1.33. The highest BCUT2D eigenvalue weighted by Gasteiger charge is 1.92. The van der Waals surface area contributed by atoms with E-state index in [0.717, 1.165) is 18.6 Å². The number of rotatable bonds is 5. The molecule has 0 aliphatic rings. The Balaban J connectivity index is 2.50. The number of halogens is 1. The number of alkyl halides is 1. The zero-order chi connectivity index (χ0) is 10.2. The summed E-state index contributed by atoms with van der Waals surface area (Å²) < 4.78 is 5.14. The molecule has 0 N–H and O–H groups in total. The Bertz CT molecular complexity index is 294. The first kappa shape index (κ1) is 11.1. The fourth-order valence-electron chi connectivity index (χ4n) is 1.20. The van der Waals surface area contributed by atoms with Crippen LogP contribution in [0.3, 0.4) is 0 Å². The van der Waals surface area contributed by atoms with Crippen molar-refractivity contribution in [1.29, 1.82) is 0 Å². The Morgan fingerprint density at radius 1 is 1.36 bits per heavy atom. The highest BCUT2D eigenvalue weighted by molar-refractivity contribution is 6.17. The molecule has 0 aliphatic carbocycles. The standard InChI is InChI=1S/C12H15ClO/c1-14-12-8-5-7-11(10-12)6-3-2-4-9-13/h2-3,5,7-8,10H,4,6,9H2,1H3. The van der Waals surface area contributed by atoms with Gasteiger partial charge in [-0.1, -0.05) is 24.3 Å². The van der Waals surface area contributed by atoms with E-state index >= 15 is 0 Å². The molecule has 1 nitrogen and oxygen atoms in total. The smallest absolute Gasteiger partial charge is 0.119 e. The lowest BCUT2D eigenvalue weighted by atomic mass is 10.1. The van der Waals surface area contributed by atoms with Crippen molar-refractivity contribution in [3.8, 4) is 5.75 Å². The number of methoxy groups -OCH3 is 1. The molecule has 1 aromatic rings. The summed E-state index contributed by atoms with van der Waals surface area (Å²) in [5.41, 5.74) is 1.26. The molecule has 0 amide bonds. The first-order chi connectivity index (χ1) is 6.86. The first-order valence-electron chi connectivity index (χ1n) is 4.70. The second kappa shape index (κ2) is 6.50. The second-order valence-corrected chi connectivity index (χ2v) is 3.38. The lowest BCUT2D eigenvalue weighted by molar-refractivity contribution is 0.414. The molecule has 0 bridgehead atoms. The van der Waals surface area contributed by atoms with E-state index < -0.39 is 0 Å². The van der Waals surface area contributed by atoms with E-state index in [1.807, 2.05) is 18.2 Å². The van der Waals surface area contributed by atoms with Gasteiger partial charge in [-0.2, -0.15) is 0 Å². The summed E-state index contributed by atoms with van der Waals surface area (Å²) in [5, 5.41) is 0. The fraction of sp³-hybridized carbons (Fsp3) is 0.333. The lowest BCUT2D eigenvalue weighted by Gasteiger charge is -2.01. The van der Waals surface area contributed by atoms with Gasteiger partial charge in [-0.05, 0) is 30.5 Å². The Morgan fingerprint density at radius 2 is 2.21 bits per heavy atom. The van der Waals surface area contributed by atoms with Gasteiger partial charge < -0.3 is 4.74 Å². The van der Waals surface area contributed by atoms with Gasteiger partial charge in [-0.25, -0.2) is 0 Å². The molecule has 0 atom stereocenters. The summed E-state index contributed by atoms with van der Waals surface area (Å²) in [6, 6.07) is 8.09. The summed E-state index contributed by atoms with van der Waals surface area (Å²) >= 11 is 5.56. The molecule has 76 valence electrons. The maximum absolute atomic E-state index is 5.56. The van der Waals surface area contributed by atoms with Gasteiger partial charge in [0.15, 0.2) is 0 Å². The molecule has 0 aromatic heterocycles. The van der Waals surface area contributed by atoms with Gasteiger partial charge in [0.05, 0.1) is 7.11 Å². The molecule has 0 saturated carbocycles. The third kappa shape index (κ3) is 3.84. The summed E-state index contributed by atoms with van der Waals surface area (Å²) in [6.45, 7) is 0. The van der Waals surface area contributed by atoms with Crippen LogP contribution in [0.25, 0.3) is 0 Å². The van der Waals surface area contributed by atoms with Gasteiger partial charge in [0, 0.05) is 5.88 Å². The first-order valence-corrected chi connectivity index (χ1v) is 5.24. The Hall–Kier alpha value is -0.950. The molecular weight excluding hydrogens is 196 g/mol. The van der Waals surface area contributed by atoms with Gasteiger partial charge in [0.2, 0.25) is 0 Å². The molecule has 1 rings (SSSR count). The van der Waals surface area contributed by atoms with Gasteiger partial charge in [-0.15, -0.1) is 11.6 Å². The normalized spacial score (nSPS) is 10.7. The van der Waals surface area contributed by atoms with Crippen LogP contribution in [0.2, 0.25) is 0 Å². The van der Waals surface area contributed by atoms with Crippen LogP contribution in [0.15, 0.2) is 36.4 Å². The average molecular weight is 211 g/mol. The molecule has 14 heavy (non-hydrogen) atoms. The lowest BCUT2D eigenvalue weighted by Crippen LogP contribution is -1.85. The molecule has 0 aliphatic heterocycles. The van der Waals surface area contributed by atoms with Crippen LogP contribution in [0.4, 0.5) is 0 Å². The van der Waals surface area contributed by atoms with E-state index in [1.54, 1.807) is 7.11 Å². The van der Waals surface area contributed by atoms with Crippen molar-refractivity contribution in [2.45, 2.75) is 12.8 Å². The van der Waals surface area contributed by atoms with Crippen molar-refractivity contribution < 1.29 is 4.74 Å². The van der Waals surface area contributed by atoms with E-state index in [-0.39, 0.29) is 0 Å². The minimum Gasteiger partial charge on any atom is -0.497 e. The molecular formula is C12H15ClO. The van der Waals surface area contributed by atoms with Crippen LogP contribution in [0, 0.1) is 0 Å². The Kier molecular flexibility index (Phi) is 5.16. The van der Waals surface area contributed by atoms with Crippen LogP contribution in [0.5, 0.6) is 5.75 Å². The maximum atomic E-state index is 5.56. The minimum atomic E-state index is 0.689. The summed E-state index contributed by atoms with van der Waals surface area (Å²) in [4.78, 5) is 0. The molecule has 0 saturated heterocycles. The highest BCUT2D eigenvalue weighted by Crippen LogP contribution is 2.13. The van der Waals surface area contributed by atoms with Gasteiger partial charge in [0.25, 0.3) is 0 Å². The Morgan fingerprint density at radius 3 is 2.93 bits per heavy atom. The monoisotopic (exact) mass is 210 g/mol. The van der Waals surface area contributed by atoms with Crippen molar-refractivity contribution in [2.24, 2.45) is 0 Å². The van der Waals surface area contributed by atoms with Crippen LogP contribution >= 0.6 is 11.6 Å². The van der Waals surface area contributed by atoms with Crippen molar-refractivity contribution in [1.82, 2.24) is 0 Å². The molecule has 0 radical (unpaired) electrons. The van der Waals surface area contributed by atoms with Gasteiger partial charge in [0.1, 0.15) is 5.75 Å². The molecule has 0 heterocycles. The van der Waals surface area contributed by atoms with Crippen LogP contribution in [-0.2, 0) is 6.42 Å². The van der Waals surface area contributed by atoms with E-state index in [0.29, 0.717) is 5.88 Å². The van der Waals surface area contributed by atoms with Crippen LogP contribution in [0.1, 0.15) is 12.0 Å². The molecule has 0 fully saturated rings. The SMILES string of the molecule is COc1cccc(CC=CCCCl)c1. The molecule has 2 heteroatoms. The highest BCUT2D eigenvalue weighted by atomic mass is 35.5. The van der Waals surface area contributed by atoms with Gasteiger partial charge in [-0.3, -0.25) is 0 Å². The quantitative estimate of drug-likeness (QED) is 0.535. The number of hydrogen-bond acceptors (Lipinski definition) is 1. The van der Waals surface area contributed by atoms with E-state index in [2.05, 4.69) is 18.2 Å². The van der Waals surface area contributed by atoms with Crippen molar-refractivity contribution in [3.05, 3.63) is 42.0 Å². The maximum Gasteiger partial charge on any atom is 0.119 e. The number of ether oxygens (including phenoxy) is 1. The topological polar surface area (TPSA) is 9.23 Å². The third-order valence-corrected chi connectivity index (χ3v) is 2.15. The zero-order valence-electron chi connectivity index (χ0n) is 8.37. The largest absolute Gasteiger partial charge is 0.497 e. The van der Waals surface area contributed by atoms with E-state index in [9.17, 15) is 0 Å². The minimum absolute atomic E-state index is 0.689. The van der Waals surface area contributed by atoms with Crippen molar-refractivity contribution in [2.75, 3.05) is 13.0 Å². The van der Waals surface area contributed by atoms with Crippen LogP contribution in [-0.4, -0.2) is 13.0 Å². The number of benzene rings is 1.